The first-order chi connectivity index (χ1) is 16.9. The molecule has 0 fully saturated rings. The van der Waals surface area contributed by atoms with Crippen molar-refractivity contribution in [1.29, 1.82) is 0 Å². The molecule has 8 heteroatoms. The van der Waals surface area contributed by atoms with E-state index in [1.54, 1.807) is 62.0 Å². The van der Waals surface area contributed by atoms with Crippen molar-refractivity contribution >= 4 is 17.5 Å². The zero-order valence-electron chi connectivity index (χ0n) is 20.4. The molecule has 0 radical (unpaired) electrons. The SMILES string of the molecule is CCOc1ccc(C(=O)NC(C(=O)Nc2ccc(OC)c(OCc3ccncc3)c2)C(C)C)cc1. The first kappa shape index (κ1) is 25.6. The molecule has 0 saturated heterocycles. The van der Waals surface area contributed by atoms with E-state index in [0.717, 1.165) is 5.56 Å². The van der Waals surface area contributed by atoms with Gasteiger partial charge in [-0.15, -0.1) is 0 Å². The molecule has 3 aromatic rings. The van der Waals surface area contributed by atoms with E-state index >= 15 is 0 Å². The van der Waals surface area contributed by atoms with Gasteiger partial charge in [-0.3, -0.25) is 14.6 Å². The average Bonchev–Trinajstić information content (AvgIpc) is 2.87. The van der Waals surface area contributed by atoms with Crippen molar-refractivity contribution < 1.29 is 23.8 Å². The van der Waals surface area contributed by atoms with Gasteiger partial charge in [-0.1, -0.05) is 13.8 Å². The average molecular weight is 478 g/mol. The lowest BCUT2D eigenvalue weighted by molar-refractivity contribution is -0.118. The summed E-state index contributed by atoms with van der Waals surface area (Å²) >= 11 is 0. The Kier molecular flexibility index (Phi) is 9.06. The zero-order chi connectivity index (χ0) is 25.2. The highest BCUT2D eigenvalue weighted by Gasteiger charge is 2.25. The molecule has 2 aromatic carbocycles. The molecule has 0 aliphatic carbocycles. The first-order valence-electron chi connectivity index (χ1n) is 11.5. The maximum Gasteiger partial charge on any atom is 0.251 e. The Morgan fingerprint density at radius 1 is 0.943 bits per heavy atom. The van der Waals surface area contributed by atoms with Crippen molar-refractivity contribution in [2.45, 2.75) is 33.4 Å². The second-order valence-corrected chi connectivity index (χ2v) is 8.15. The smallest absolute Gasteiger partial charge is 0.251 e. The summed E-state index contributed by atoms with van der Waals surface area (Å²) < 4.78 is 16.7. The minimum Gasteiger partial charge on any atom is -0.494 e. The van der Waals surface area contributed by atoms with Crippen molar-refractivity contribution in [2.75, 3.05) is 19.0 Å². The van der Waals surface area contributed by atoms with Gasteiger partial charge in [0.2, 0.25) is 5.91 Å². The molecule has 35 heavy (non-hydrogen) atoms. The van der Waals surface area contributed by atoms with Crippen molar-refractivity contribution in [3.8, 4) is 17.2 Å². The Hall–Kier alpha value is -4.07. The molecule has 1 unspecified atom stereocenters. The molecule has 184 valence electrons. The monoisotopic (exact) mass is 477 g/mol. The van der Waals surface area contributed by atoms with E-state index in [4.69, 9.17) is 14.2 Å². The van der Waals surface area contributed by atoms with Gasteiger partial charge in [0.1, 0.15) is 18.4 Å². The highest BCUT2D eigenvalue weighted by atomic mass is 16.5. The van der Waals surface area contributed by atoms with E-state index in [2.05, 4.69) is 15.6 Å². The summed E-state index contributed by atoms with van der Waals surface area (Å²) in [4.78, 5) is 29.8. The third kappa shape index (κ3) is 7.20. The summed E-state index contributed by atoms with van der Waals surface area (Å²) in [6.45, 7) is 6.51. The molecule has 0 aliphatic heterocycles. The number of hydrogen-bond acceptors (Lipinski definition) is 6. The highest BCUT2D eigenvalue weighted by Crippen LogP contribution is 2.31. The van der Waals surface area contributed by atoms with Gasteiger partial charge in [0.25, 0.3) is 5.91 Å². The van der Waals surface area contributed by atoms with Crippen LogP contribution in [0.25, 0.3) is 0 Å². The standard InChI is InChI=1S/C27H31N3O5/c1-5-34-22-9-6-20(7-10-22)26(31)30-25(18(2)3)27(32)29-21-8-11-23(33-4)24(16-21)35-17-19-12-14-28-15-13-19/h6-16,18,25H,5,17H2,1-4H3,(H,29,32)(H,30,31). The molecule has 2 amide bonds. The number of carbonyl (C=O) groups is 2. The third-order valence-electron chi connectivity index (χ3n) is 5.24. The van der Waals surface area contributed by atoms with Crippen LogP contribution in [-0.4, -0.2) is 36.6 Å². The number of amides is 2. The molecule has 8 nitrogen and oxygen atoms in total. The van der Waals surface area contributed by atoms with Crippen LogP contribution in [0.3, 0.4) is 0 Å². The van der Waals surface area contributed by atoms with E-state index in [9.17, 15) is 9.59 Å². The lowest BCUT2D eigenvalue weighted by Gasteiger charge is -2.22. The highest BCUT2D eigenvalue weighted by molar-refractivity contribution is 6.01. The molecular formula is C27H31N3O5. The van der Waals surface area contributed by atoms with Gasteiger partial charge in [-0.05, 0) is 66.9 Å². The van der Waals surface area contributed by atoms with Crippen LogP contribution in [0.2, 0.25) is 0 Å². The van der Waals surface area contributed by atoms with E-state index in [0.29, 0.717) is 41.7 Å². The third-order valence-corrected chi connectivity index (χ3v) is 5.24. The maximum atomic E-state index is 13.1. The van der Waals surface area contributed by atoms with Gasteiger partial charge in [0.15, 0.2) is 11.5 Å². The fraction of sp³-hybridized carbons (Fsp3) is 0.296. The number of benzene rings is 2. The summed E-state index contributed by atoms with van der Waals surface area (Å²) in [5.74, 6) is 0.913. The van der Waals surface area contributed by atoms with Crippen LogP contribution >= 0.6 is 0 Å². The first-order valence-corrected chi connectivity index (χ1v) is 11.5. The Morgan fingerprint density at radius 2 is 1.66 bits per heavy atom. The van der Waals surface area contributed by atoms with Crippen LogP contribution in [0, 0.1) is 5.92 Å². The minimum atomic E-state index is -0.739. The lowest BCUT2D eigenvalue weighted by Crippen LogP contribution is -2.47. The molecule has 3 rings (SSSR count). The fourth-order valence-electron chi connectivity index (χ4n) is 3.36. The van der Waals surface area contributed by atoms with Crippen molar-refractivity contribution in [3.63, 3.8) is 0 Å². The maximum absolute atomic E-state index is 13.1. The summed E-state index contributed by atoms with van der Waals surface area (Å²) in [6, 6.07) is 14.9. The van der Waals surface area contributed by atoms with Crippen LogP contribution in [-0.2, 0) is 11.4 Å². The number of ether oxygens (including phenoxy) is 3. The normalized spacial score (nSPS) is 11.5. The lowest BCUT2D eigenvalue weighted by atomic mass is 10.0. The number of methoxy groups -OCH3 is 1. The van der Waals surface area contributed by atoms with Crippen molar-refractivity contribution in [2.24, 2.45) is 5.92 Å². The van der Waals surface area contributed by atoms with Crippen LogP contribution in [0.4, 0.5) is 5.69 Å². The van der Waals surface area contributed by atoms with Crippen molar-refractivity contribution in [1.82, 2.24) is 10.3 Å². The Morgan fingerprint density at radius 3 is 2.29 bits per heavy atom. The van der Waals surface area contributed by atoms with E-state index in [1.165, 1.54) is 0 Å². The van der Waals surface area contributed by atoms with Crippen LogP contribution in [0.15, 0.2) is 67.0 Å². The van der Waals surface area contributed by atoms with Gasteiger partial charge < -0.3 is 24.8 Å². The summed E-state index contributed by atoms with van der Waals surface area (Å²) in [5.41, 5.74) is 1.93. The molecule has 0 spiro atoms. The summed E-state index contributed by atoms with van der Waals surface area (Å²) in [6.07, 6.45) is 3.39. The molecule has 0 bridgehead atoms. The van der Waals surface area contributed by atoms with Gasteiger partial charge in [-0.2, -0.15) is 0 Å². The van der Waals surface area contributed by atoms with Gasteiger partial charge in [0.05, 0.1) is 13.7 Å². The second kappa shape index (κ2) is 12.4. The largest absolute Gasteiger partial charge is 0.494 e. The number of carbonyl (C=O) groups excluding carboxylic acids is 2. The summed E-state index contributed by atoms with van der Waals surface area (Å²) in [7, 11) is 1.55. The van der Waals surface area contributed by atoms with E-state index < -0.39 is 6.04 Å². The number of pyridine rings is 1. The number of aromatic nitrogens is 1. The Bertz CT molecular complexity index is 1120. The number of nitrogens with one attached hydrogen (secondary N) is 2. The van der Waals surface area contributed by atoms with E-state index in [-0.39, 0.29) is 17.7 Å². The molecular weight excluding hydrogens is 446 g/mol. The quantitative estimate of drug-likeness (QED) is 0.423. The van der Waals surface area contributed by atoms with Crippen LogP contribution in [0.1, 0.15) is 36.7 Å². The van der Waals surface area contributed by atoms with E-state index in [1.807, 2.05) is 32.9 Å². The van der Waals surface area contributed by atoms with Gasteiger partial charge in [0, 0.05) is 29.7 Å². The molecule has 2 N–H and O–H groups in total. The Labute approximate surface area is 205 Å². The predicted molar refractivity (Wildman–Crippen MR) is 134 cm³/mol. The number of hydrogen-bond donors (Lipinski definition) is 2. The van der Waals surface area contributed by atoms with Crippen LogP contribution in [0.5, 0.6) is 17.2 Å². The zero-order valence-corrected chi connectivity index (χ0v) is 20.4. The second-order valence-electron chi connectivity index (χ2n) is 8.15. The fourth-order valence-corrected chi connectivity index (χ4v) is 3.36. The molecule has 1 atom stereocenters. The number of anilines is 1. The predicted octanol–water partition coefficient (Wildman–Crippen LogP) is 4.46. The van der Waals surface area contributed by atoms with Crippen molar-refractivity contribution in [3.05, 3.63) is 78.1 Å². The number of nitrogens with zero attached hydrogens (tertiary/aromatic N) is 1. The van der Waals surface area contributed by atoms with Crippen LogP contribution < -0.4 is 24.8 Å². The minimum absolute atomic E-state index is 0.137. The van der Waals surface area contributed by atoms with Gasteiger partial charge in [-0.25, -0.2) is 0 Å². The Balaban J connectivity index is 1.68. The molecule has 0 aliphatic rings. The number of rotatable bonds is 11. The topological polar surface area (TPSA) is 98.8 Å². The molecule has 1 heterocycles. The molecule has 1 aromatic heterocycles. The summed E-state index contributed by atoms with van der Waals surface area (Å²) in [5, 5.41) is 5.71. The van der Waals surface area contributed by atoms with Gasteiger partial charge >= 0.3 is 0 Å². The molecule has 0 saturated carbocycles.